The third-order valence-corrected chi connectivity index (χ3v) is 10.8. The molecular formula is C21H40O4Si. The number of rotatable bonds is 12. The first kappa shape index (κ1) is 25.2. The SMILES string of the molecule is CCC(O[Si](CC)(CC)CC)C(C)(C)C(=O)C(=O)/C(C)=C(\C)C(C)OC. The van der Waals surface area contributed by atoms with Crippen molar-refractivity contribution < 1.29 is 18.8 Å². The Labute approximate surface area is 161 Å². The van der Waals surface area contributed by atoms with Gasteiger partial charge in [0.05, 0.1) is 17.6 Å². The Morgan fingerprint density at radius 2 is 1.46 bits per heavy atom. The maximum absolute atomic E-state index is 13.1. The van der Waals surface area contributed by atoms with E-state index in [0.717, 1.165) is 30.1 Å². The van der Waals surface area contributed by atoms with Crippen molar-refractivity contribution in [3.05, 3.63) is 11.1 Å². The van der Waals surface area contributed by atoms with E-state index in [1.165, 1.54) is 0 Å². The summed E-state index contributed by atoms with van der Waals surface area (Å²) in [5, 5.41) is 0. The number of ether oxygens (including phenoxy) is 1. The molecule has 0 rings (SSSR count). The molecule has 0 spiro atoms. The molecule has 0 aromatic heterocycles. The van der Waals surface area contributed by atoms with Gasteiger partial charge in [-0.15, -0.1) is 0 Å². The molecule has 0 heterocycles. The van der Waals surface area contributed by atoms with Crippen molar-refractivity contribution >= 4 is 19.9 Å². The molecule has 0 fully saturated rings. The molecule has 0 N–H and O–H groups in total. The molecule has 0 bridgehead atoms. The van der Waals surface area contributed by atoms with Crippen molar-refractivity contribution in [3.8, 4) is 0 Å². The molecule has 0 saturated carbocycles. The summed E-state index contributed by atoms with van der Waals surface area (Å²) in [6.07, 6.45) is 0.295. The average molecular weight is 385 g/mol. The molecule has 0 aromatic rings. The number of hydrogen-bond acceptors (Lipinski definition) is 4. The standard InChI is InChI=1S/C21H40O4Si/c1-11-18(25-26(12-2,13-3)14-4)21(8,9)20(23)19(22)16(6)15(5)17(7)24-10/h17-18H,11-14H2,1-10H3/b16-15+. The summed E-state index contributed by atoms with van der Waals surface area (Å²) in [6, 6.07) is 3.08. The summed E-state index contributed by atoms with van der Waals surface area (Å²) in [7, 11) is -0.260. The van der Waals surface area contributed by atoms with Crippen molar-refractivity contribution in [2.75, 3.05) is 7.11 Å². The van der Waals surface area contributed by atoms with Gasteiger partial charge in [0.25, 0.3) is 0 Å². The highest BCUT2D eigenvalue weighted by atomic mass is 28.4. The van der Waals surface area contributed by atoms with E-state index >= 15 is 0 Å². The zero-order chi connectivity index (χ0) is 20.7. The highest BCUT2D eigenvalue weighted by Crippen LogP contribution is 2.34. The molecule has 0 saturated heterocycles. The van der Waals surface area contributed by atoms with Crippen LogP contribution in [0.15, 0.2) is 11.1 Å². The zero-order valence-corrected chi connectivity index (χ0v) is 19.6. The second-order valence-electron chi connectivity index (χ2n) is 7.82. The highest BCUT2D eigenvalue weighted by molar-refractivity contribution is 6.73. The lowest BCUT2D eigenvalue weighted by Crippen LogP contribution is -2.49. The third kappa shape index (κ3) is 5.60. The number of allylic oxidation sites excluding steroid dienone is 1. The van der Waals surface area contributed by atoms with Gasteiger partial charge in [-0.25, -0.2) is 0 Å². The fourth-order valence-corrected chi connectivity index (χ4v) is 6.38. The van der Waals surface area contributed by atoms with Gasteiger partial charge < -0.3 is 9.16 Å². The van der Waals surface area contributed by atoms with Gasteiger partial charge in [-0.2, -0.15) is 0 Å². The van der Waals surface area contributed by atoms with Crippen LogP contribution in [0.1, 0.15) is 68.7 Å². The first-order chi connectivity index (χ1) is 12.0. The summed E-state index contributed by atoms with van der Waals surface area (Å²) in [6.45, 7) is 17.7. The van der Waals surface area contributed by atoms with Gasteiger partial charge >= 0.3 is 0 Å². The predicted octanol–water partition coefficient (Wildman–Crippen LogP) is 5.32. The van der Waals surface area contributed by atoms with Crippen LogP contribution < -0.4 is 0 Å². The van der Waals surface area contributed by atoms with Crippen LogP contribution in [0.4, 0.5) is 0 Å². The van der Waals surface area contributed by atoms with Gasteiger partial charge in [0.1, 0.15) is 0 Å². The van der Waals surface area contributed by atoms with E-state index in [4.69, 9.17) is 9.16 Å². The molecule has 2 atom stereocenters. The van der Waals surface area contributed by atoms with E-state index in [1.54, 1.807) is 14.0 Å². The molecule has 26 heavy (non-hydrogen) atoms. The smallest absolute Gasteiger partial charge is 0.224 e. The summed E-state index contributed by atoms with van der Waals surface area (Å²) < 4.78 is 11.9. The molecule has 0 amide bonds. The molecule has 0 aromatic carbocycles. The summed E-state index contributed by atoms with van der Waals surface area (Å²) in [5.74, 6) is -0.786. The fourth-order valence-electron chi connectivity index (χ4n) is 3.31. The zero-order valence-electron chi connectivity index (χ0n) is 18.6. The van der Waals surface area contributed by atoms with Gasteiger partial charge in [-0.05, 0) is 64.7 Å². The van der Waals surface area contributed by atoms with Gasteiger partial charge in [0, 0.05) is 12.7 Å². The van der Waals surface area contributed by atoms with Crippen LogP contribution in [-0.4, -0.2) is 39.2 Å². The Bertz CT molecular complexity index is 510. The van der Waals surface area contributed by atoms with E-state index in [0.29, 0.717) is 5.57 Å². The maximum atomic E-state index is 13.1. The number of methoxy groups -OCH3 is 1. The second kappa shape index (κ2) is 10.5. The van der Waals surface area contributed by atoms with E-state index in [2.05, 4.69) is 20.8 Å². The summed E-state index contributed by atoms with van der Waals surface area (Å²) in [5.41, 5.74) is 0.439. The molecule has 5 heteroatoms. The lowest BCUT2D eigenvalue weighted by molar-refractivity contribution is -0.143. The van der Waals surface area contributed by atoms with Crippen LogP contribution >= 0.6 is 0 Å². The van der Waals surface area contributed by atoms with Crippen molar-refractivity contribution in [1.82, 2.24) is 0 Å². The maximum Gasteiger partial charge on any atom is 0.224 e. The normalized spacial score (nSPS) is 16.1. The van der Waals surface area contributed by atoms with Gasteiger partial charge in [-0.1, -0.05) is 27.7 Å². The summed E-state index contributed by atoms with van der Waals surface area (Å²) >= 11 is 0. The van der Waals surface area contributed by atoms with Crippen LogP contribution in [-0.2, 0) is 18.8 Å². The van der Waals surface area contributed by atoms with Gasteiger partial charge in [-0.3, -0.25) is 9.59 Å². The van der Waals surface area contributed by atoms with Gasteiger partial charge in [0.2, 0.25) is 11.6 Å². The molecular weight excluding hydrogens is 344 g/mol. The Morgan fingerprint density at radius 1 is 1.00 bits per heavy atom. The molecule has 0 aliphatic carbocycles. The fraction of sp³-hybridized carbons (Fsp3) is 0.810. The lowest BCUT2D eigenvalue weighted by Gasteiger charge is -2.40. The first-order valence-electron chi connectivity index (χ1n) is 9.94. The minimum Gasteiger partial charge on any atom is -0.413 e. The minimum atomic E-state index is -1.86. The quantitative estimate of drug-likeness (QED) is 0.259. The van der Waals surface area contributed by atoms with E-state index in [9.17, 15) is 9.59 Å². The van der Waals surface area contributed by atoms with Crippen molar-refractivity contribution in [2.45, 2.75) is 99.1 Å². The Balaban J connectivity index is 5.69. The Morgan fingerprint density at radius 3 is 1.81 bits per heavy atom. The topological polar surface area (TPSA) is 52.6 Å². The number of hydrogen-bond donors (Lipinski definition) is 0. The largest absolute Gasteiger partial charge is 0.413 e. The number of ketones is 2. The average Bonchev–Trinajstić information content (AvgIpc) is 2.66. The highest BCUT2D eigenvalue weighted by Gasteiger charge is 2.44. The van der Waals surface area contributed by atoms with Crippen molar-refractivity contribution in [2.24, 2.45) is 5.41 Å². The number of carbonyl (C=O) groups excluding carboxylic acids is 2. The third-order valence-electron chi connectivity index (χ3n) is 6.19. The minimum absolute atomic E-state index is 0.187. The molecule has 0 aliphatic rings. The molecule has 2 unspecified atom stereocenters. The molecule has 152 valence electrons. The molecule has 4 nitrogen and oxygen atoms in total. The van der Waals surface area contributed by atoms with Gasteiger partial charge in [0.15, 0.2) is 8.32 Å². The van der Waals surface area contributed by atoms with Crippen molar-refractivity contribution in [3.63, 3.8) is 0 Å². The summed E-state index contributed by atoms with van der Waals surface area (Å²) in [4.78, 5) is 25.9. The van der Waals surface area contributed by atoms with Crippen LogP contribution in [0.3, 0.4) is 0 Å². The monoisotopic (exact) mass is 384 g/mol. The Hall–Kier alpha value is -0.783. The van der Waals surface area contributed by atoms with Crippen LogP contribution in [0.25, 0.3) is 0 Å². The molecule has 0 radical (unpaired) electrons. The predicted molar refractivity (Wildman–Crippen MR) is 111 cm³/mol. The van der Waals surface area contributed by atoms with Crippen molar-refractivity contribution in [1.29, 1.82) is 0 Å². The van der Waals surface area contributed by atoms with Crippen LogP contribution in [0, 0.1) is 5.41 Å². The number of carbonyl (C=O) groups is 2. The van der Waals surface area contributed by atoms with Crippen LogP contribution in [0.5, 0.6) is 0 Å². The number of Topliss-reactive ketones (excluding diaryl/α,β-unsaturated/α-hetero) is 2. The van der Waals surface area contributed by atoms with E-state index in [-0.39, 0.29) is 18.0 Å². The van der Waals surface area contributed by atoms with E-state index in [1.807, 2.05) is 34.6 Å². The molecule has 0 aliphatic heterocycles. The first-order valence-corrected chi connectivity index (χ1v) is 12.5. The van der Waals surface area contributed by atoms with Crippen LogP contribution in [0.2, 0.25) is 18.1 Å². The Kier molecular flexibility index (Phi) is 10.2. The van der Waals surface area contributed by atoms with E-state index < -0.39 is 19.5 Å². The second-order valence-corrected chi connectivity index (χ2v) is 12.5. The lowest BCUT2D eigenvalue weighted by atomic mass is 9.77.